The molecular weight excluding hydrogens is 521 g/mol. The number of amides is 1. The first-order valence-electron chi connectivity index (χ1n) is 13.5. The van der Waals surface area contributed by atoms with Crippen LogP contribution in [0.15, 0.2) is 59.3 Å². The third kappa shape index (κ3) is 6.43. The van der Waals surface area contributed by atoms with E-state index in [1.165, 1.54) is 6.07 Å². The van der Waals surface area contributed by atoms with Gasteiger partial charge in [0.25, 0.3) is 11.8 Å². The Balaban J connectivity index is 1.23. The van der Waals surface area contributed by atoms with E-state index in [1.807, 2.05) is 46.5 Å². The average Bonchev–Trinajstić information content (AvgIpc) is 3.57. The summed E-state index contributed by atoms with van der Waals surface area (Å²) in [5, 5.41) is 7.32. The van der Waals surface area contributed by atoms with Gasteiger partial charge in [0.05, 0.1) is 11.7 Å². The van der Waals surface area contributed by atoms with Crippen molar-refractivity contribution >= 4 is 22.6 Å². The first-order valence-corrected chi connectivity index (χ1v) is 13.5. The summed E-state index contributed by atoms with van der Waals surface area (Å²) in [7, 11) is 0. The summed E-state index contributed by atoms with van der Waals surface area (Å²) in [5.74, 6) is 0.0762. The summed E-state index contributed by atoms with van der Waals surface area (Å²) >= 11 is 0. The lowest BCUT2D eigenvalue weighted by Gasteiger charge is -2.23. The Morgan fingerprint density at radius 2 is 1.82 bits per heavy atom. The number of benzene rings is 2. The van der Waals surface area contributed by atoms with E-state index >= 15 is 0 Å². The average molecular weight is 553 g/mol. The number of alkyl halides is 3. The van der Waals surface area contributed by atoms with Gasteiger partial charge in [-0.15, -0.1) is 0 Å². The Hall–Kier alpha value is -3.95. The fourth-order valence-electron chi connectivity index (χ4n) is 5.45. The molecule has 5 rings (SSSR count). The second kappa shape index (κ2) is 11.7. The molecule has 1 aliphatic rings. The third-order valence-electron chi connectivity index (χ3n) is 7.63. The van der Waals surface area contributed by atoms with E-state index in [4.69, 9.17) is 4.42 Å². The number of carbonyl (C=O) groups is 2. The second-order valence-corrected chi connectivity index (χ2v) is 10.5. The van der Waals surface area contributed by atoms with Crippen LogP contribution in [-0.4, -0.2) is 39.2 Å². The van der Waals surface area contributed by atoms with Crippen molar-refractivity contribution < 1.29 is 27.2 Å². The normalized spacial score (nSPS) is 18.3. The maximum absolute atomic E-state index is 13.2. The van der Waals surface area contributed by atoms with Crippen LogP contribution in [0.4, 0.5) is 13.2 Å². The van der Waals surface area contributed by atoms with Gasteiger partial charge in [0.1, 0.15) is 6.54 Å². The summed E-state index contributed by atoms with van der Waals surface area (Å²) in [5.41, 5.74) is 2.35. The van der Waals surface area contributed by atoms with Crippen molar-refractivity contribution in [3.8, 4) is 11.3 Å². The van der Waals surface area contributed by atoms with Crippen LogP contribution < -0.4 is 5.32 Å². The van der Waals surface area contributed by atoms with Crippen molar-refractivity contribution in [2.75, 3.05) is 6.54 Å². The highest BCUT2D eigenvalue weighted by atomic mass is 19.4. The molecule has 10 heteroatoms. The Morgan fingerprint density at radius 1 is 1.05 bits per heavy atom. The number of hydrogen-bond donors (Lipinski definition) is 1. The van der Waals surface area contributed by atoms with Gasteiger partial charge in [-0.1, -0.05) is 43.2 Å². The minimum Gasteiger partial charge on any atom is -0.434 e. The van der Waals surface area contributed by atoms with E-state index in [-0.39, 0.29) is 23.2 Å². The van der Waals surface area contributed by atoms with Crippen molar-refractivity contribution in [2.45, 2.75) is 58.2 Å². The molecule has 0 radical (unpaired) electrons. The molecule has 0 saturated heterocycles. The molecule has 1 saturated carbocycles. The van der Waals surface area contributed by atoms with E-state index < -0.39 is 18.6 Å². The van der Waals surface area contributed by atoms with Gasteiger partial charge in [-0.25, -0.2) is 4.98 Å². The Labute approximate surface area is 229 Å². The minimum atomic E-state index is -4.47. The first-order chi connectivity index (χ1) is 19.2. The molecule has 210 valence electrons. The fourth-order valence-corrected chi connectivity index (χ4v) is 5.45. The van der Waals surface area contributed by atoms with Crippen molar-refractivity contribution in [2.24, 2.45) is 11.8 Å². The van der Waals surface area contributed by atoms with Crippen molar-refractivity contribution in [1.82, 2.24) is 20.1 Å². The molecule has 2 aromatic heterocycles. The van der Waals surface area contributed by atoms with Gasteiger partial charge in [-0.2, -0.15) is 18.3 Å². The van der Waals surface area contributed by atoms with Crippen molar-refractivity contribution in [1.29, 1.82) is 0 Å². The highest BCUT2D eigenvalue weighted by Crippen LogP contribution is 2.31. The zero-order valence-electron chi connectivity index (χ0n) is 22.2. The number of nitrogens with zero attached hydrogens (tertiary/aromatic N) is 3. The number of rotatable bonds is 7. The third-order valence-corrected chi connectivity index (χ3v) is 7.63. The van der Waals surface area contributed by atoms with Crippen molar-refractivity contribution in [3.63, 3.8) is 0 Å². The van der Waals surface area contributed by atoms with Gasteiger partial charge in [0.15, 0.2) is 5.76 Å². The number of oxazole rings is 1. The van der Waals surface area contributed by atoms with Gasteiger partial charge in [-0.05, 0) is 56.2 Å². The summed E-state index contributed by atoms with van der Waals surface area (Å²) in [6.07, 6.45) is 4.32. The minimum absolute atomic E-state index is 0.0559. The quantitative estimate of drug-likeness (QED) is 0.256. The highest BCUT2D eigenvalue weighted by Gasteiger charge is 2.29. The molecular formula is C30H31F3N4O3. The lowest BCUT2D eigenvalue weighted by atomic mass is 9.83. The van der Waals surface area contributed by atoms with Crippen LogP contribution in [0.25, 0.3) is 22.2 Å². The van der Waals surface area contributed by atoms with Gasteiger partial charge < -0.3 is 9.73 Å². The van der Waals surface area contributed by atoms with Gasteiger partial charge in [0, 0.05) is 35.2 Å². The van der Waals surface area contributed by atoms with Crippen LogP contribution in [0.1, 0.15) is 65.1 Å². The molecule has 1 amide bonds. The Kier molecular flexibility index (Phi) is 8.04. The first kappa shape index (κ1) is 27.6. The smallest absolute Gasteiger partial charge is 0.405 e. The SMILES string of the molecule is Cc1c(C(=O)NCC(F)(F)F)ccc2nn(CC3CCCCC(C(=O)c4ncc(-c5ccccc5)o4)CC3)cc12. The summed E-state index contributed by atoms with van der Waals surface area (Å²) in [6.45, 7) is 0.995. The molecule has 0 bridgehead atoms. The number of Topliss-reactive ketones (excluding diaryl/α,β-unsaturated/α-hetero) is 1. The van der Waals surface area contributed by atoms with E-state index in [9.17, 15) is 22.8 Å². The van der Waals surface area contributed by atoms with Crippen LogP contribution >= 0.6 is 0 Å². The number of aryl methyl sites for hydroxylation is 1. The van der Waals surface area contributed by atoms with Crippen LogP contribution in [0.2, 0.25) is 0 Å². The summed E-state index contributed by atoms with van der Waals surface area (Å²) in [4.78, 5) is 29.9. The van der Waals surface area contributed by atoms with Crippen LogP contribution in [0, 0.1) is 18.8 Å². The van der Waals surface area contributed by atoms with E-state index in [0.717, 1.165) is 49.5 Å². The monoisotopic (exact) mass is 552 g/mol. The molecule has 0 spiro atoms. The lowest BCUT2D eigenvalue weighted by Crippen LogP contribution is -2.34. The maximum atomic E-state index is 13.2. The molecule has 2 heterocycles. The van der Waals surface area contributed by atoms with Crippen molar-refractivity contribution in [3.05, 3.63) is 71.9 Å². The number of halogens is 3. The summed E-state index contributed by atoms with van der Waals surface area (Å²) in [6, 6.07) is 12.7. The molecule has 7 nitrogen and oxygen atoms in total. The van der Waals surface area contributed by atoms with Crippen LogP contribution in [-0.2, 0) is 6.54 Å². The largest absolute Gasteiger partial charge is 0.434 e. The molecule has 2 atom stereocenters. The van der Waals surface area contributed by atoms with Gasteiger partial charge in [-0.3, -0.25) is 14.3 Å². The predicted octanol–water partition coefficient (Wildman–Crippen LogP) is 6.76. The molecule has 1 N–H and O–H groups in total. The molecule has 2 aromatic carbocycles. The number of hydrogen-bond acceptors (Lipinski definition) is 5. The number of nitrogens with one attached hydrogen (secondary N) is 1. The Bertz CT molecular complexity index is 1490. The number of aromatic nitrogens is 3. The number of carbonyl (C=O) groups excluding carboxylic acids is 2. The zero-order valence-corrected chi connectivity index (χ0v) is 22.2. The molecule has 1 fully saturated rings. The summed E-state index contributed by atoms with van der Waals surface area (Å²) < 4.78 is 45.3. The predicted molar refractivity (Wildman–Crippen MR) is 144 cm³/mol. The molecule has 0 aliphatic heterocycles. The molecule has 4 aromatic rings. The molecule has 40 heavy (non-hydrogen) atoms. The fraction of sp³-hybridized carbons (Fsp3) is 0.400. The maximum Gasteiger partial charge on any atom is 0.405 e. The second-order valence-electron chi connectivity index (χ2n) is 10.5. The number of ketones is 1. The van der Waals surface area contributed by atoms with Gasteiger partial charge >= 0.3 is 6.18 Å². The highest BCUT2D eigenvalue weighted by molar-refractivity contribution is 6.00. The Morgan fingerprint density at radius 3 is 2.60 bits per heavy atom. The molecule has 1 aliphatic carbocycles. The van der Waals surface area contributed by atoms with Crippen LogP contribution in [0.5, 0.6) is 0 Å². The molecule has 2 unspecified atom stereocenters. The van der Waals surface area contributed by atoms with E-state index in [1.54, 1.807) is 19.2 Å². The topological polar surface area (TPSA) is 90.0 Å². The van der Waals surface area contributed by atoms with E-state index in [0.29, 0.717) is 29.3 Å². The zero-order chi connectivity index (χ0) is 28.3. The lowest BCUT2D eigenvalue weighted by molar-refractivity contribution is -0.123. The number of fused-ring (bicyclic) bond motifs is 1. The standard InChI is InChI=1S/C30H31F3N4O3/c1-19-23(28(39)35-18-30(31,32)33)13-14-25-24(19)17-37(36-25)16-20-7-5-6-10-22(12-11-20)27(38)29-34-15-26(40-29)21-8-3-2-4-9-21/h2-4,8-9,13-15,17,20,22H,5-7,10-12,16,18H2,1H3,(H,35,39). The van der Waals surface area contributed by atoms with Crippen LogP contribution in [0.3, 0.4) is 0 Å². The van der Waals surface area contributed by atoms with E-state index in [2.05, 4.69) is 10.1 Å². The van der Waals surface area contributed by atoms with Gasteiger partial charge in [0.2, 0.25) is 5.78 Å².